The largest absolute Gasteiger partial charge is 0.507 e. The number of methoxy groups -OCH3 is 1. The van der Waals surface area contributed by atoms with Crippen LogP contribution in [0.1, 0.15) is 42.7 Å². The molecule has 1 saturated heterocycles. The molecular formula is C27H27NO6. The Kier molecular flexibility index (Phi) is 7.01. The van der Waals surface area contributed by atoms with Gasteiger partial charge >= 0.3 is 0 Å². The van der Waals surface area contributed by atoms with E-state index in [0.29, 0.717) is 35.0 Å². The Morgan fingerprint density at radius 3 is 2.53 bits per heavy atom. The Morgan fingerprint density at radius 2 is 1.85 bits per heavy atom. The third-order valence-electron chi connectivity index (χ3n) is 5.75. The summed E-state index contributed by atoms with van der Waals surface area (Å²) < 4.78 is 16.8. The summed E-state index contributed by atoms with van der Waals surface area (Å²) in [6.07, 6.45) is 3.42. The Hall–Kier alpha value is -4.00. The zero-order valence-electron chi connectivity index (χ0n) is 19.2. The molecule has 34 heavy (non-hydrogen) atoms. The summed E-state index contributed by atoms with van der Waals surface area (Å²) in [5.41, 5.74) is 1.09. The lowest BCUT2D eigenvalue weighted by atomic mass is 9.95. The van der Waals surface area contributed by atoms with E-state index in [1.54, 1.807) is 54.6 Å². The second-order valence-electron chi connectivity index (χ2n) is 7.98. The molecule has 0 aliphatic carbocycles. The van der Waals surface area contributed by atoms with E-state index in [2.05, 4.69) is 6.92 Å². The summed E-state index contributed by atoms with van der Waals surface area (Å²) in [5, 5.41) is 11.1. The molecule has 1 amide bonds. The molecule has 3 aromatic rings. The van der Waals surface area contributed by atoms with Gasteiger partial charge in [0, 0.05) is 5.56 Å². The molecule has 1 fully saturated rings. The summed E-state index contributed by atoms with van der Waals surface area (Å²) in [6.45, 7) is 2.71. The van der Waals surface area contributed by atoms with E-state index >= 15 is 0 Å². The van der Waals surface area contributed by atoms with Gasteiger partial charge in [0.2, 0.25) is 0 Å². The van der Waals surface area contributed by atoms with Crippen molar-refractivity contribution in [1.29, 1.82) is 0 Å². The fraction of sp³-hybridized carbons (Fsp3) is 0.259. The van der Waals surface area contributed by atoms with Crippen molar-refractivity contribution in [3.63, 3.8) is 0 Å². The lowest BCUT2D eigenvalue weighted by molar-refractivity contribution is -0.140. The van der Waals surface area contributed by atoms with E-state index in [1.165, 1.54) is 18.3 Å². The number of hydrogen-bond donors (Lipinski definition) is 1. The average molecular weight is 462 g/mol. The standard InChI is InChI=1S/C27H27NO6/c1-3-4-14-34-21-13-12-19(16-22(21)32-2)24-23(25(29)18-9-6-5-7-10-18)26(30)27(31)28(24)17-20-11-8-15-33-20/h5-13,15-16,24,29H,3-4,14,17H2,1-2H3. The monoisotopic (exact) mass is 461 g/mol. The second kappa shape index (κ2) is 10.3. The molecule has 0 bridgehead atoms. The highest BCUT2D eigenvalue weighted by Gasteiger charge is 2.46. The fourth-order valence-corrected chi connectivity index (χ4v) is 4.01. The van der Waals surface area contributed by atoms with Gasteiger partial charge in [-0.25, -0.2) is 0 Å². The number of carbonyl (C=O) groups excluding carboxylic acids is 2. The van der Waals surface area contributed by atoms with Crippen molar-refractivity contribution >= 4 is 17.4 Å². The molecule has 0 saturated carbocycles. The Balaban J connectivity index is 1.81. The van der Waals surface area contributed by atoms with Gasteiger partial charge in [0.1, 0.15) is 11.5 Å². The SMILES string of the molecule is CCCCOc1ccc(C2C(=C(O)c3ccccc3)C(=O)C(=O)N2Cc2ccco2)cc1OC. The highest BCUT2D eigenvalue weighted by Crippen LogP contribution is 2.42. The Labute approximate surface area is 198 Å². The van der Waals surface area contributed by atoms with Gasteiger partial charge < -0.3 is 23.9 Å². The van der Waals surface area contributed by atoms with Crippen molar-refractivity contribution in [1.82, 2.24) is 4.90 Å². The minimum absolute atomic E-state index is 0.0180. The molecule has 0 spiro atoms. The molecule has 4 rings (SSSR count). The van der Waals surface area contributed by atoms with E-state index < -0.39 is 17.7 Å². The zero-order valence-corrected chi connectivity index (χ0v) is 19.2. The summed E-state index contributed by atoms with van der Waals surface area (Å²) in [4.78, 5) is 27.6. The number of ketones is 1. The highest BCUT2D eigenvalue weighted by atomic mass is 16.5. The summed E-state index contributed by atoms with van der Waals surface area (Å²) in [5.74, 6) is -0.102. The van der Waals surface area contributed by atoms with Crippen LogP contribution in [0.4, 0.5) is 0 Å². The number of hydrogen-bond acceptors (Lipinski definition) is 6. The Morgan fingerprint density at radius 1 is 1.06 bits per heavy atom. The first-order valence-electron chi connectivity index (χ1n) is 11.2. The number of aliphatic hydroxyl groups is 1. The molecule has 176 valence electrons. The number of likely N-dealkylation sites (tertiary alicyclic amines) is 1. The molecule has 1 N–H and O–H groups in total. The number of nitrogens with zero attached hydrogens (tertiary/aromatic N) is 1. The van der Waals surface area contributed by atoms with Crippen molar-refractivity contribution in [3.8, 4) is 11.5 Å². The summed E-state index contributed by atoms with van der Waals surface area (Å²) >= 11 is 0. The minimum Gasteiger partial charge on any atom is -0.507 e. The highest BCUT2D eigenvalue weighted by molar-refractivity contribution is 6.46. The van der Waals surface area contributed by atoms with Crippen LogP contribution in [-0.4, -0.2) is 35.4 Å². The van der Waals surface area contributed by atoms with Gasteiger partial charge in [-0.3, -0.25) is 9.59 Å². The quantitative estimate of drug-likeness (QED) is 0.207. The molecule has 1 unspecified atom stereocenters. The van der Waals surface area contributed by atoms with E-state index in [0.717, 1.165) is 12.8 Å². The van der Waals surface area contributed by atoms with Gasteiger partial charge in [-0.2, -0.15) is 0 Å². The number of furan rings is 1. The summed E-state index contributed by atoms with van der Waals surface area (Å²) in [6, 6.07) is 16.6. The maximum atomic E-state index is 13.1. The van der Waals surface area contributed by atoms with Crippen molar-refractivity contribution in [2.45, 2.75) is 32.4 Å². The van der Waals surface area contributed by atoms with Crippen molar-refractivity contribution in [3.05, 3.63) is 89.4 Å². The van der Waals surface area contributed by atoms with Gasteiger partial charge in [-0.15, -0.1) is 0 Å². The first kappa shape index (κ1) is 23.2. The van der Waals surface area contributed by atoms with E-state index in [9.17, 15) is 14.7 Å². The van der Waals surface area contributed by atoms with Crippen LogP contribution in [0.25, 0.3) is 5.76 Å². The van der Waals surface area contributed by atoms with Crippen LogP contribution in [0.3, 0.4) is 0 Å². The lowest BCUT2D eigenvalue weighted by Gasteiger charge is -2.25. The molecule has 2 heterocycles. The van der Waals surface area contributed by atoms with Crippen LogP contribution >= 0.6 is 0 Å². The van der Waals surface area contributed by atoms with Crippen molar-refractivity contribution in [2.75, 3.05) is 13.7 Å². The molecule has 1 aliphatic rings. The molecule has 7 heteroatoms. The zero-order chi connectivity index (χ0) is 24.1. The topological polar surface area (TPSA) is 89.2 Å². The van der Waals surface area contributed by atoms with Crippen LogP contribution < -0.4 is 9.47 Å². The normalized spacial score (nSPS) is 17.2. The van der Waals surface area contributed by atoms with Crippen LogP contribution in [-0.2, 0) is 16.1 Å². The first-order chi connectivity index (χ1) is 16.5. The van der Waals surface area contributed by atoms with E-state index in [-0.39, 0.29) is 17.9 Å². The predicted octanol–water partition coefficient (Wildman–Crippen LogP) is 5.09. The van der Waals surface area contributed by atoms with Crippen LogP contribution in [0.5, 0.6) is 11.5 Å². The second-order valence-corrected chi connectivity index (χ2v) is 7.98. The fourth-order valence-electron chi connectivity index (χ4n) is 4.01. The first-order valence-corrected chi connectivity index (χ1v) is 11.2. The maximum Gasteiger partial charge on any atom is 0.296 e. The number of benzene rings is 2. The van der Waals surface area contributed by atoms with E-state index in [1.807, 2.05) is 6.07 Å². The van der Waals surface area contributed by atoms with Gasteiger partial charge in [-0.1, -0.05) is 49.7 Å². The maximum absolute atomic E-state index is 13.1. The molecule has 0 radical (unpaired) electrons. The number of unbranched alkanes of at least 4 members (excludes halogenated alkanes) is 1. The third kappa shape index (κ3) is 4.55. The van der Waals surface area contributed by atoms with Crippen molar-refractivity contribution in [2.24, 2.45) is 0 Å². The molecule has 1 aliphatic heterocycles. The van der Waals surface area contributed by atoms with Gasteiger partial charge in [-0.05, 0) is 36.2 Å². The number of carbonyl (C=O) groups is 2. The number of ether oxygens (including phenoxy) is 2. The molecular weight excluding hydrogens is 434 g/mol. The van der Waals surface area contributed by atoms with Crippen LogP contribution in [0, 0.1) is 0 Å². The van der Waals surface area contributed by atoms with Crippen molar-refractivity contribution < 1.29 is 28.6 Å². The minimum atomic E-state index is -0.830. The Bertz CT molecular complexity index is 1180. The summed E-state index contributed by atoms with van der Waals surface area (Å²) in [7, 11) is 1.54. The van der Waals surface area contributed by atoms with Gasteiger partial charge in [0.15, 0.2) is 11.5 Å². The molecule has 2 aromatic carbocycles. The number of amides is 1. The van der Waals surface area contributed by atoms with Gasteiger partial charge in [0.25, 0.3) is 11.7 Å². The molecule has 1 aromatic heterocycles. The van der Waals surface area contributed by atoms with Crippen LogP contribution in [0.2, 0.25) is 0 Å². The number of rotatable bonds is 9. The smallest absolute Gasteiger partial charge is 0.296 e. The predicted molar refractivity (Wildman–Crippen MR) is 126 cm³/mol. The molecule has 1 atom stereocenters. The molecule has 7 nitrogen and oxygen atoms in total. The third-order valence-corrected chi connectivity index (χ3v) is 5.75. The average Bonchev–Trinajstić information content (AvgIpc) is 3.47. The van der Waals surface area contributed by atoms with E-state index in [4.69, 9.17) is 13.9 Å². The number of aliphatic hydroxyl groups excluding tert-OH is 1. The van der Waals surface area contributed by atoms with Crippen LogP contribution in [0.15, 0.2) is 76.9 Å². The van der Waals surface area contributed by atoms with Gasteiger partial charge in [0.05, 0.1) is 38.1 Å². The number of Topliss-reactive ketones (excluding diaryl/α,β-unsaturated/α-hetero) is 1. The lowest BCUT2D eigenvalue weighted by Crippen LogP contribution is -2.29.